The van der Waals surface area contributed by atoms with E-state index in [0.717, 1.165) is 35.2 Å². The molecular weight excluding hydrogens is 350 g/mol. The van der Waals surface area contributed by atoms with Crippen LogP contribution in [0.3, 0.4) is 0 Å². The largest absolute Gasteiger partial charge is 0.351 e. The third-order valence-electron chi connectivity index (χ3n) is 5.28. The maximum Gasteiger partial charge on any atom is 0.232 e. The highest BCUT2D eigenvalue weighted by Gasteiger charge is 2.42. The number of nitrogens with zero attached hydrogens (tertiary/aromatic N) is 3. The van der Waals surface area contributed by atoms with Crippen molar-refractivity contribution < 1.29 is 4.79 Å². The van der Waals surface area contributed by atoms with Crippen molar-refractivity contribution in [3.63, 3.8) is 0 Å². The lowest BCUT2D eigenvalue weighted by Gasteiger charge is -2.23. The molecule has 0 radical (unpaired) electrons. The van der Waals surface area contributed by atoms with Crippen LogP contribution in [0.2, 0.25) is 0 Å². The van der Waals surface area contributed by atoms with Crippen LogP contribution in [0.25, 0.3) is 0 Å². The number of pyridine rings is 1. The summed E-state index contributed by atoms with van der Waals surface area (Å²) in [6.07, 6.45) is 6.85. The summed E-state index contributed by atoms with van der Waals surface area (Å²) in [5.74, 6) is 0.549. The molecule has 6 heteroatoms. The van der Waals surface area contributed by atoms with Gasteiger partial charge in [-0.05, 0) is 48.6 Å². The summed E-state index contributed by atoms with van der Waals surface area (Å²) in [7, 11) is 0. The standard InChI is InChI=1S/C22H23N5O/c1-22(20(28)24-13-17-8-11-23-12-9-17)10-7-18-15-26-21(27-19(18)22)25-14-16-5-3-2-4-6-16/h2-6,8-9,11-12,15H,7,10,13-14H2,1H3,(H,24,28)(H,25,26,27). The first-order valence-corrected chi connectivity index (χ1v) is 9.46. The van der Waals surface area contributed by atoms with Gasteiger partial charge in [0, 0.05) is 31.7 Å². The molecule has 2 heterocycles. The molecule has 28 heavy (non-hydrogen) atoms. The average Bonchev–Trinajstić information content (AvgIpc) is 3.09. The van der Waals surface area contributed by atoms with Crippen molar-refractivity contribution in [1.82, 2.24) is 20.3 Å². The van der Waals surface area contributed by atoms with E-state index >= 15 is 0 Å². The molecule has 0 fully saturated rings. The van der Waals surface area contributed by atoms with E-state index in [1.165, 1.54) is 0 Å². The summed E-state index contributed by atoms with van der Waals surface area (Å²) in [5, 5.41) is 6.32. The number of aryl methyl sites for hydroxylation is 1. The number of hydrogen-bond acceptors (Lipinski definition) is 5. The number of hydrogen-bond donors (Lipinski definition) is 2. The molecule has 1 unspecified atom stereocenters. The predicted molar refractivity (Wildman–Crippen MR) is 108 cm³/mol. The third-order valence-corrected chi connectivity index (χ3v) is 5.28. The quantitative estimate of drug-likeness (QED) is 0.694. The van der Waals surface area contributed by atoms with Crippen LogP contribution in [0.5, 0.6) is 0 Å². The number of amides is 1. The summed E-state index contributed by atoms with van der Waals surface area (Å²) in [4.78, 5) is 26.1. The molecule has 1 aliphatic carbocycles. The molecule has 0 bridgehead atoms. The molecule has 2 N–H and O–H groups in total. The Balaban J connectivity index is 1.47. The van der Waals surface area contributed by atoms with Gasteiger partial charge in [-0.2, -0.15) is 0 Å². The second-order valence-electron chi connectivity index (χ2n) is 7.28. The van der Waals surface area contributed by atoms with E-state index in [9.17, 15) is 4.79 Å². The Morgan fingerprint density at radius 3 is 2.61 bits per heavy atom. The summed E-state index contributed by atoms with van der Waals surface area (Å²) < 4.78 is 0. The number of aromatic nitrogens is 3. The Labute approximate surface area is 164 Å². The van der Waals surface area contributed by atoms with Gasteiger partial charge in [-0.25, -0.2) is 9.97 Å². The number of carbonyl (C=O) groups excluding carboxylic acids is 1. The summed E-state index contributed by atoms with van der Waals surface area (Å²) >= 11 is 0. The second-order valence-corrected chi connectivity index (χ2v) is 7.28. The molecule has 1 aromatic carbocycles. The molecule has 1 aliphatic rings. The fraction of sp³-hybridized carbons (Fsp3) is 0.273. The highest BCUT2D eigenvalue weighted by Crippen LogP contribution is 2.37. The van der Waals surface area contributed by atoms with E-state index in [4.69, 9.17) is 4.98 Å². The zero-order chi connectivity index (χ0) is 19.4. The zero-order valence-electron chi connectivity index (χ0n) is 15.9. The van der Waals surface area contributed by atoms with Crippen LogP contribution in [0, 0.1) is 0 Å². The van der Waals surface area contributed by atoms with Crippen molar-refractivity contribution >= 4 is 11.9 Å². The van der Waals surface area contributed by atoms with E-state index in [0.29, 0.717) is 19.0 Å². The van der Waals surface area contributed by atoms with Gasteiger partial charge in [0.2, 0.25) is 11.9 Å². The smallest absolute Gasteiger partial charge is 0.232 e. The lowest BCUT2D eigenvalue weighted by atomic mass is 9.86. The minimum atomic E-state index is -0.644. The molecular formula is C22H23N5O. The van der Waals surface area contributed by atoms with E-state index in [1.807, 2.05) is 43.5 Å². The zero-order valence-corrected chi connectivity index (χ0v) is 15.9. The van der Waals surface area contributed by atoms with Gasteiger partial charge in [-0.3, -0.25) is 9.78 Å². The van der Waals surface area contributed by atoms with Crippen LogP contribution < -0.4 is 10.6 Å². The minimum absolute atomic E-state index is 0.00392. The minimum Gasteiger partial charge on any atom is -0.351 e. The molecule has 0 aliphatic heterocycles. The van der Waals surface area contributed by atoms with Gasteiger partial charge in [0.15, 0.2) is 0 Å². The van der Waals surface area contributed by atoms with Gasteiger partial charge < -0.3 is 10.6 Å². The van der Waals surface area contributed by atoms with Gasteiger partial charge in [-0.1, -0.05) is 30.3 Å². The van der Waals surface area contributed by atoms with Crippen LogP contribution >= 0.6 is 0 Å². The lowest BCUT2D eigenvalue weighted by molar-refractivity contribution is -0.126. The molecule has 3 aromatic rings. The van der Waals surface area contributed by atoms with Crippen molar-refractivity contribution in [2.45, 2.75) is 38.3 Å². The maximum atomic E-state index is 13.0. The van der Waals surface area contributed by atoms with Crippen molar-refractivity contribution in [2.24, 2.45) is 0 Å². The van der Waals surface area contributed by atoms with Crippen LogP contribution in [0.1, 0.15) is 35.7 Å². The Kier molecular flexibility index (Phi) is 5.02. The number of anilines is 1. The van der Waals surface area contributed by atoms with Crippen molar-refractivity contribution in [3.8, 4) is 0 Å². The molecule has 1 amide bonds. The highest BCUT2D eigenvalue weighted by molar-refractivity contribution is 5.88. The van der Waals surface area contributed by atoms with Crippen molar-refractivity contribution in [3.05, 3.63) is 83.4 Å². The van der Waals surface area contributed by atoms with Gasteiger partial charge >= 0.3 is 0 Å². The second kappa shape index (κ2) is 7.76. The molecule has 0 saturated carbocycles. The van der Waals surface area contributed by atoms with Crippen LogP contribution in [0.15, 0.2) is 61.1 Å². The van der Waals surface area contributed by atoms with E-state index in [-0.39, 0.29) is 5.91 Å². The summed E-state index contributed by atoms with van der Waals surface area (Å²) in [5.41, 5.74) is 3.41. The van der Waals surface area contributed by atoms with Crippen LogP contribution in [0.4, 0.5) is 5.95 Å². The Morgan fingerprint density at radius 2 is 1.82 bits per heavy atom. The number of nitrogens with one attached hydrogen (secondary N) is 2. The number of fused-ring (bicyclic) bond motifs is 1. The molecule has 6 nitrogen and oxygen atoms in total. The monoisotopic (exact) mass is 373 g/mol. The van der Waals surface area contributed by atoms with Crippen LogP contribution in [-0.2, 0) is 29.7 Å². The van der Waals surface area contributed by atoms with Gasteiger partial charge in [0.25, 0.3) is 0 Å². The van der Waals surface area contributed by atoms with Crippen LogP contribution in [-0.4, -0.2) is 20.9 Å². The maximum absolute atomic E-state index is 13.0. The van der Waals surface area contributed by atoms with E-state index in [1.54, 1.807) is 12.4 Å². The van der Waals surface area contributed by atoms with Crippen molar-refractivity contribution in [2.75, 3.05) is 5.32 Å². The number of carbonyl (C=O) groups is 1. The normalized spacial score (nSPS) is 17.8. The first-order chi connectivity index (χ1) is 13.6. The highest BCUT2D eigenvalue weighted by atomic mass is 16.2. The van der Waals surface area contributed by atoms with E-state index < -0.39 is 5.41 Å². The molecule has 1 atom stereocenters. The van der Waals surface area contributed by atoms with Gasteiger partial charge in [0.05, 0.1) is 11.1 Å². The average molecular weight is 373 g/mol. The van der Waals surface area contributed by atoms with Gasteiger partial charge in [-0.15, -0.1) is 0 Å². The SMILES string of the molecule is CC1(C(=O)NCc2ccncc2)CCc2cnc(NCc3ccccc3)nc21. The van der Waals surface area contributed by atoms with Gasteiger partial charge in [0.1, 0.15) is 0 Å². The first-order valence-electron chi connectivity index (χ1n) is 9.46. The fourth-order valence-electron chi connectivity index (χ4n) is 3.53. The lowest BCUT2D eigenvalue weighted by Crippen LogP contribution is -2.41. The summed E-state index contributed by atoms with van der Waals surface area (Å²) in [6, 6.07) is 13.9. The third kappa shape index (κ3) is 3.71. The Hall–Kier alpha value is -3.28. The predicted octanol–water partition coefficient (Wildman–Crippen LogP) is 3.00. The first kappa shape index (κ1) is 18.1. The Bertz CT molecular complexity index is 961. The summed E-state index contributed by atoms with van der Waals surface area (Å²) in [6.45, 7) is 3.09. The Morgan fingerprint density at radius 1 is 1.07 bits per heavy atom. The topological polar surface area (TPSA) is 79.8 Å². The number of rotatable bonds is 6. The molecule has 142 valence electrons. The van der Waals surface area contributed by atoms with E-state index in [2.05, 4.69) is 32.7 Å². The molecule has 0 spiro atoms. The van der Waals surface area contributed by atoms with Crippen molar-refractivity contribution in [1.29, 1.82) is 0 Å². The molecule has 2 aromatic heterocycles. The number of benzene rings is 1. The molecule has 0 saturated heterocycles. The molecule has 4 rings (SSSR count). The fourth-order valence-corrected chi connectivity index (χ4v) is 3.53.